The summed E-state index contributed by atoms with van der Waals surface area (Å²) >= 11 is 1.43. The highest BCUT2D eigenvalue weighted by Crippen LogP contribution is 2.40. The van der Waals surface area contributed by atoms with Gasteiger partial charge in [0.15, 0.2) is 0 Å². The Labute approximate surface area is 145 Å². The summed E-state index contributed by atoms with van der Waals surface area (Å²) in [7, 11) is 0. The van der Waals surface area contributed by atoms with Gasteiger partial charge in [-0.15, -0.1) is 11.3 Å². The number of fused-ring (bicyclic) bond motifs is 2. The van der Waals surface area contributed by atoms with E-state index >= 15 is 0 Å². The molecular formula is C18H21N3O2S. The number of likely N-dealkylation sites (N-methyl/N-ethyl adjacent to an activating group) is 1. The predicted octanol–water partition coefficient (Wildman–Crippen LogP) is 3.71. The van der Waals surface area contributed by atoms with Crippen molar-refractivity contribution in [1.29, 1.82) is 0 Å². The zero-order valence-electron chi connectivity index (χ0n) is 14.1. The van der Waals surface area contributed by atoms with Crippen LogP contribution in [0.15, 0.2) is 35.0 Å². The largest absolute Gasteiger partial charge is 0.320 e. The molecule has 1 unspecified atom stereocenters. The summed E-state index contributed by atoms with van der Waals surface area (Å²) in [6.45, 7) is 7.61. The summed E-state index contributed by atoms with van der Waals surface area (Å²) in [6.07, 6.45) is 0. The van der Waals surface area contributed by atoms with Gasteiger partial charge in [-0.1, -0.05) is 26.0 Å². The van der Waals surface area contributed by atoms with Crippen molar-refractivity contribution in [2.75, 3.05) is 23.3 Å². The highest BCUT2D eigenvalue weighted by atomic mass is 32.1. The summed E-state index contributed by atoms with van der Waals surface area (Å²) in [5, 5.41) is 6.56. The SMILES string of the molecule is CCN(CC)C(C)C(=O)N1c2ccccc2NC(=O)c2cscc21. The molecule has 0 saturated carbocycles. The van der Waals surface area contributed by atoms with Crippen molar-refractivity contribution in [2.24, 2.45) is 0 Å². The Bertz CT molecular complexity index is 767. The first-order valence-electron chi connectivity index (χ1n) is 8.13. The van der Waals surface area contributed by atoms with Gasteiger partial charge in [-0.2, -0.15) is 0 Å². The number of hydrogen-bond acceptors (Lipinski definition) is 4. The smallest absolute Gasteiger partial charge is 0.258 e. The molecule has 6 heteroatoms. The molecule has 0 spiro atoms. The number of carbonyl (C=O) groups excluding carboxylic acids is 2. The molecule has 2 aromatic rings. The zero-order valence-corrected chi connectivity index (χ0v) is 14.9. The zero-order chi connectivity index (χ0) is 17.3. The maximum Gasteiger partial charge on any atom is 0.258 e. The molecule has 126 valence electrons. The second-order valence-corrected chi connectivity index (χ2v) is 6.46. The van der Waals surface area contributed by atoms with E-state index < -0.39 is 0 Å². The average Bonchev–Trinajstić information content (AvgIpc) is 3.03. The van der Waals surface area contributed by atoms with Gasteiger partial charge < -0.3 is 5.32 Å². The number of para-hydroxylation sites is 2. The fourth-order valence-electron chi connectivity index (χ4n) is 3.08. The molecule has 0 saturated heterocycles. The molecule has 1 N–H and O–H groups in total. The van der Waals surface area contributed by atoms with Crippen LogP contribution in [0.1, 0.15) is 31.1 Å². The minimum Gasteiger partial charge on any atom is -0.320 e. The summed E-state index contributed by atoms with van der Waals surface area (Å²) in [5.74, 6) is -0.202. The Balaban J connectivity index is 2.12. The first-order chi connectivity index (χ1) is 11.6. The second-order valence-electron chi connectivity index (χ2n) is 5.71. The van der Waals surface area contributed by atoms with Gasteiger partial charge in [0.2, 0.25) is 5.91 Å². The van der Waals surface area contributed by atoms with Crippen molar-refractivity contribution in [2.45, 2.75) is 26.8 Å². The molecule has 1 atom stereocenters. The fraction of sp³-hybridized carbons (Fsp3) is 0.333. The summed E-state index contributed by atoms with van der Waals surface area (Å²) in [5.41, 5.74) is 2.57. The summed E-state index contributed by atoms with van der Waals surface area (Å²) < 4.78 is 0. The predicted molar refractivity (Wildman–Crippen MR) is 98.2 cm³/mol. The van der Waals surface area contributed by atoms with Crippen molar-refractivity contribution in [1.82, 2.24) is 4.90 Å². The summed E-state index contributed by atoms with van der Waals surface area (Å²) in [6, 6.07) is 7.16. The lowest BCUT2D eigenvalue weighted by atomic mass is 10.1. The maximum absolute atomic E-state index is 13.3. The van der Waals surface area contributed by atoms with Gasteiger partial charge in [0.25, 0.3) is 5.91 Å². The molecule has 0 bridgehead atoms. The number of nitrogens with zero attached hydrogens (tertiary/aromatic N) is 2. The standard InChI is InChI=1S/C18H21N3O2S/c1-4-20(5-2)12(3)18(23)21-15-9-7-6-8-14(15)19-17(22)13-10-24-11-16(13)21/h6-12H,4-5H2,1-3H3,(H,19,22). The van der Waals surface area contributed by atoms with E-state index in [1.807, 2.05) is 50.4 Å². The van der Waals surface area contributed by atoms with Crippen LogP contribution in [-0.4, -0.2) is 35.8 Å². The molecule has 0 fully saturated rings. The molecule has 1 aliphatic heterocycles. The van der Waals surface area contributed by atoms with Crippen LogP contribution in [0, 0.1) is 0 Å². The van der Waals surface area contributed by atoms with E-state index in [0.717, 1.165) is 13.1 Å². The van der Waals surface area contributed by atoms with E-state index in [1.165, 1.54) is 11.3 Å². The monoisotopic (exact) mass is 343 g/mol. The van der Waals surface area contributed by atoms with Crippen LogP contribution in [0.5, 0.6) is 0 Å². The van der Waals surface area contributed by atoms with Crippen molar-refractivity contribution in [3.63, 3.8) is 0 Å². The maximum atomic E-state index is 13.3. The van der Waals surface area contributed by atoms with Gasteiger partial charge in [0.1, 0.15) is 0 Å². The lowest BCUT2D eigenvalue weighted by Gasteiger charge is -2.31. The van der Waals surface area contributed by atoms with Crippen molar-refractivity contribution in [3.8, 4) is 0 Å². The van der Waals surface area contributed by atoms with E-state index in [4.69, 9.17) is 0 Å². The van der Waals surface area contributed by atoms with Crippen LogP contribution in [-0.2, 0) is 4.79 Å². The molecular weight excluding hydrogens is 322 g/mol. The molecule has 1 aliphatic rings. The average molecular weight is 343 g/mol. The third-order valence-electron chi connectivity index (χ3n) is 4.46. The number of anilines is 3. The van der Waals surface area contributed by atoms with E-state index in [-0.39, 0.29) is 17.9 Å². The lowest BCUT2D eigenvalue weighted by Crippen LogP contribution is -2.45. The second kappa shape index (κ2) is 6.75. The number of rotatable bonds is 4. The molecule has 2 amide bonds. The van der Waals surface area contributed by atoms with Crippen molar-refractivity contribution >= 4 is 40.2 Å². The van der Waals surface area contributed by atoms with Gasteiger partial charge >= 0.3 is 0 Å². The Kier molecular flexibility index (Phi) is 4.69. The van der Waals surface area contributed by atoms with Crippen LogP contribution >= 0.6 is 11.3 Å². The van der Waals surface area contributed by atoms with Gasteiger partial charge in [0.05, 0.1) is 28.7 Å². The van der Waals surface area contributed by atoms with Gasteiger partial charge in [0, 0.05) is 10.8 Å². The Hall–Kier alpha value is -2.18. The first kappa shape index (κ1) is 16.7. The van der Waals surface area contributed by atoms with Gasteiger partial charge in [-0.25, -0.2) is 0 Å². The molecule has 2 heterocycles. The number of amides is 2. The van der Waals surface area contributed by atoms with Crippen molar-refractivity contribution < 1.29 is 9.59 Å². The third-order valence-corrected chi connectivity index (χ3v) is 5.19. The Morgan fingerprint density at radius 1 is 1.21 bits per heavy atom. The highest BCUT2D eigenvalue weighted by molar-refractivity contribution is 7.08. The molecule has 0 aliphatic carbocycles. The number of thiophene rings is 1. The van der Waals surface area contributed by atoms with Crippen LogP contribution in [0.3, 0.4) is 0 Å². The Morgan fingerprint density at radius 2 is 1.92 bits per heavy atom. The molecule has 24 heavy (non-hydrogen) atoms. The number of benzene rings is 1. The van der Waals surface area contributed by atoms with E-state index in [0.29, 0.717) is 22.6 Å². The normalized spacial score (nSPS) is 14.7. The van der Waals surface area contributed by atoms with Gasteiger partial charge in [-0.05, 0) is 32.1 Å². The molecule has 3 rings (SSSR count). The third kappa shape index (κ3) is 2.72. The summed E-state index contributed by atoms with van der Waals surface area (Å²) in [4.78, 5) is 29.5. The highest BCUT2D eigenvalue weighted by Gasteiger charge is 2.33. The minimum absolute atomic E-state index is 0.0256. The van der Waals surface area contributed by atoms with E-state index in [2.05, 4.69) is 10.2 Å². The molecule has 1 aromatic heterocycles. The molecule has 0 radical (unpaired) electrons. The van der Waals surface area contributed by atoms with Crippen LogP contribution < -0.4 is 10.2 Å². The van der Waals surface area contributed by atoms with Crippen LogP contribution in [0.25, 0.3) is 0 Å². The van der Waals surface area contributed by atoms with Gasteiger partial charge in [-0.3, -0.25) is 19.4 Å². The quantitative estimate of drug-likeness (QED) is 0.921. The van der Waals surface area contributed by atoms with E-state index in [9.17, 15) is 9.59 Å². The minimum atomic E-state index is -0.269. The topological polar surface area (TPSA) is 52.7 Å². The van der Waals surface area contributed by atoms with Crippen LogP contribution in [0.4, 0.5) is 17.1 Å². The number of hydrogen-bond donors (Lipinski definition) is 1. The van der Waals surface area contributed by atoms with Crippen molar-refractivity contribution in [3.05, 3.63) is 40.6 Å². The van der Waals surface area contributed by atoms with E-state index in [1.54, 1.807) is 10.3 Å². The lowest BCUT2D eigenvalue weighted by molar-refractivity contribution is -0.122. The number of nitrogens with one attached hydrogen (secondary N) is 1. The molecule has 1 aromatic carbocycles. The first-order valence-corrected chi connectivity index (χ1v) is 9.07. The van der Waals surface area contributed by atoms with Crippen LogP contribution in [0.2, 0.25) is 0 Å². The fourth-order valence-corrected chi connectivity index (χ4v) is 3.87. The molecule has 5 nitrogen and oxygen atoms in total. The number of carbonyl (C=O) groups is 2. The Morgan fingerprint density at radius 3 is 2.62 bits per heavy atom.